The SMILES string of the molecule is CC1CCC[C@H](C[C@@]2(CCC3CCCCC3)NCN(C)C2=O)C1. The Kier molecular flexibility index (Phi) is 5.66. The number of nitrogens with one attached hydrogen (secondary N) is 1. The normalized spacial score (nSPS) is 36.6. The number of nitrogens with zero attached hydrogens (tertiary/aromatic N) is 1. The van der Waals surface area contributed by atoms with Crippen LogP contribution in [-0.4, -0.2) is 30.1 Å². The van der Waals surface area contributed by atoms with E-state index >= 15 is 0 Å². The van der Waals surface area contributed by atoms with E-state index in [1.807, 2.05) is 11.9 Å². The van der Waals surface area contributed by atoms with Gasteiger partial charge in [0.05, 0.1) is 12.2 Å². The smallest absolute Gasteiger partial charge is 0.243 e. The first-order valence-electron chi connectivity index (χ1n) is 10.1. The summed E-state index contributed by atoms with van der Waals surface area (Å²) in [6, 6.07) is 0. The van der Waals surface area contributed by atoms with Crippen LogP contribution >= 0.6 is 0 Å². The zero-order chi connectivity index (χ0) is 16.3. The molecule has 1 heterocycles. The molecule has 1 aliphatic heterocycles. The molecule has 3 fully saturated rings. The molecule has 1 saturated heterocycles. The summed E-state index contributed by atoms with van der Waals surface area (Å²) in [6.45, 7) is 3.13. The van der Waals surface area contributed by atoms with Crippen molar-refractivity contribution in [2.75, 3.05) is 13.7 Å². The average molecular weight is 321 g/mol. The molecule has 1 unspecified atom stereocenters. The van der Waals surface area contributed by atoms with E-state index < -0.39 is 0 Å². The van der Waals surface area contributed by atoms with Crippen molar-refractivity contribution in [3.63, 3.8) is 0 Å². The van der Waals surface area contributed by atoms with Gasteiger partial charge in [-0.1, -0.05) is 58.3 Å². The lowest BCUT2D eigenvalue weighted by atomic mass is 9.73. The van der Waals surface area contributed by atoms with Crippen LogP contribution in [0.5, 0.6) is 0 Å². The highest BCUT2D eigenvalue weighted by molar-refractivity contribution is 5.88. The predicted molar refractivity (Wildman–Crippen MR) is 95.1 cm³/mol. The zero-order valence-electron chi connectivity index (χ0n) is 15.3. The lowest BCUT2D eigenvalue weighted by Gasteiger charge is -2.36. The van der Waals surface area contributed by atoms with Crippen LogP contribution in [0.2, 0.25) is 0 Å². The largest absolute Gasteiger partial charge is 0.331 e. The maximum absolute atomic E-state index is 12.9. The van der Waals surface area contributed by atoms with Gasteiger partial charge in [-0.3, -0.25) is 10.1 Å². The summed E-state index contributed by atoms with van der Waals surface area (Å²) in [7, 11) is 1.96. The van der Waals surface area contributed by atoms with E-state index in [-0.39, 0.29) is 5.54 Å². The number of likely N-dealkylation sites (N-methyl/N-ethyl adjacent to an activating group) is 1. The fourth-order valence-electron chi connectivity index (χ4n) is 5.40. The third-order valence-electron chi connectivity index (χ3n) is 6.80. The Labute approximate surface area is 142 Å². The fourth-order valence-corrected chi connectivity index (χ4v) is 5.40. The molecule has 1 N–H and O–H groups in total. The summed E-state index contributed by atoms with van der Waals surface area (Å²) >= 11 is 0. The van der Waals surface area contributed by atoms with Gasteiger partial charge in [0.25, 0.3) is 0 Å². The Morgan fingerprint density at radius 2 is 1.83 bits per heavy atom. The van der Waals surface area contributed by atoms with Crippen molar-refractivity contribution in [1.29, 1.82) is 0 Å². The van der Waals surface area contributed by atoms with Crippen molar-refractivity contribution < 1.29 is 4.79 Å². The molecule has 3 atom stereocenters. The Bertz CT molecular complexity index is 404. The van der Waals surface area contributed by atoms with Crippen molar-refractivity contribution in [2.45, 2.75) is 89.5 Å². The summed E-state index contributed by atoms with van der Waals surface area (Å²) in [6.07, 6.45) is 15.8. The standard InChI is InChI=1S/C20H36N2O/c1-16-7-6-10-18(13-16)14-20(19(23)22(2)15-21-20)12-11-17-8-4-3-5-9-17/h16-18,21H,3-15H2,1-2H3/t16?,18-,20+/m0/s1. The number of rotatable bonds is 5. The van der Waals surface area contributed by atoms with Crippen molar-refractivity contribution in [3.05, 3.63) is 0 Å². The Balaban J connectivity index is 1.63. The molecule has 3 rings (SSSR count). The van der Waals surface area contributed by atoms with Crippen LogP contribution in [0.15, 0.2) is 0 Å². The van der Waals surface area contributed by atoms with Crippen LogP contribution in [0.3, 0.4) is 0 Å². The minimum absolute atomic E-state index is 0.242. The molecule has 1 amide bonds. The summed E-state index contributed by atoms with van der Waals surface area (Å²) < 4.78 is 0. The van der Waals surface area contributed by atoms with E-state index in [2.05, 4.69) is 12.2 Å². The Morgan fingerprint density at radius 3 is 2.48 bits per heavy atom. The van der Waals surface area contributed by atoms with E-state index in [1.165, 1.54) is 64.2 Å². The first-order valence-corrected chi connectivity index (χ1v) is 10.1. The maximum atomic E-state index is 12.9. The predicted octanol–water partition coefficient (Wildman–Crippen LogP) is 4.32. The third kappa shape index (κ3) is 4.10. The molecule has 0 aromatic heterocycles. The Morgan fingerprint density at radius 1 is 1.09 bits per heavy atom. The van der Waals surface area contributed by atoms with Crippen molar-refractivity contribution in [1.82, 2.24) is 10.2 Å². The molecule has 0 aromatic rings. The number of carbonyl (C=O) groups excluding carboxylic acids is 1. The molecular weight excluding hydrogens is 284 g/mol. The lowest BCUT2D eigenvalue weighted by molar-refractivity contribution is -0.132. The lowest BCUT2D eigenvalue weighted by Crippen LogP contribution is -2.48. The van der Waals surface area contributed by atoms with Gasteiger partial charge in [0, 0.05) is 7.05 Å². The molecule has 0 radical (unpaired) electrons. The van der Waals surface area contributed by atoms with Gasteiger partial charge in [-0.15, -0.1) is 0 Å². The molecule has 0 bridgehead atoms. The van der Waals surface area contributed by atoms with Crippen LogP contribution in [0, 0.1) is 17.8 Å². The van der Waals surface area contributed by atoms with Crippen LogP contribution in [0.1, 0.15) is 84.0 Å². The second kappa shape index (κ2) is 7.55. The number of amides is 1. The fraction of sp³-hybridized carbons (Fsp3) is 0.950. The van der Waals surface area contributed by atoms with Gasteiger partial charge in [0.15, 0.2) is 0 Å². The number of carbonyl (C=O) groups is 1. The third-order valence-corrected chi connectivity index (χ3v) is 6.80. The highest BCUT2D eigenvalue weighted by Gasteiger charge is 2.46. The summed E-state index contributed by atoms with van der Waals surface area (Å²) in [5.74, 6) is 2.82. The van der Waals surface area contributed by atoms with E-state index in [0.717, 1.165) is 37.3 Å². The van der Waals surface area contributed by atoms with Crippen LogP contribution in [-0.2, 0) is 4.79 Å². The topological polar surface area (TPSA) is 32.3 Å². The number of hydrogen-bond donors (Lipinski definition) is 1. The van der Waals surface area contributed by atoms with Gasteiger partial charge in [0.1, 0.15) is 0 Å². The van der Waals surface area contributed by atoms with Crippen LogP contribution in [0.4, 0.5) is 0 Å². The second-order valence-electron chi connectivity index (χ2n) is 8.80. The quantitative estimate of drug-likeness (QED) is 0.818. The molecule has 132 valence electrons. The van der Waals surface area contributed by atoms with Gasteiger partial charge in [-0.05, 0) is 43.4 Å². The van der Waals surface area contributed by atoms with E-state index in [9.17, 15) is 4.79 Å². The molecule has 0 spiro atoms. The average Bonchev–Trinajstić information content (AvgIpc) is 2.83. The van der Waals surface area contributed by atoms with Gasteiger partial charge in [-0.2, -0.15) is 0 Å². The monoisotopic (exact) mass is 320 g/mol. The molecule has 3 aliphatic rings. The van der Waals surface area contributed by atoms with Gasteiger partial charge in [-0.25, -0.2) is 0 Å². The molecular formula is C20H36N2O. The first kappa shape index (κ1) is 17.3. The van der Waals surface area contributed by atoms with Gasteiger partial charge < -0.3 is 4.90 Å². The molecule has 0 aromatic carbocycles. The van der Waals surface area contributed by atoms with Crippen molar-refractivity contribution in [2.24, 2.45) is 17.8 Å². The zero-order valence-corrected chi connectivity index (χ0v) is 15.3. The van der Waals surface area contributed by atoms with E-state index in [4.69, 9.17) is 0 Å². The highest BCUT2D eigenvalue weighted by Crippen LogP contribution is 2.39. The highest BCUT2D eigenvalue weighted by atomic mass is 16.2. The summed E-state index contributed by atoms with van der Waals surface area (Å²) in [5.41, 5.74) is -0.242. The van der Waals surface area contributed by atoms with Crippen LogP contribution in [0.25, 0.3) is 0 Å². The number of hydrogen-bond acceptors (Lipinski definition) is 2. The first-order chi connectivity index (χ1) is 11.1. The van der Waals surface area contributed by atoms with E-state index in [1.54, 1.807) is 0 Å². The minimum Gasteiger partial charge on any atom is -0.331 e. The van der Waals surface area contributed by atoms with Crippen molar-refractivity contribution >= 4 is 5.91 Å². The maximum Gasteiger partial charge on any atom is 0.243 e. The second-order valence-corrected chi connectivity index (χ2v) is 8.80. The molecule has 3 heteroatoms. The van der Waals surface area contributed by atoms with Crippen molar-refractivity contribution in [3.8, 4) is 0 Å². The molecule has 3 nitrogen and oxygen atoms in total. The molecule has 2 saturated carbocycles. The van der Waals surface area contributed by atoms with Gasteiger partial charge >= 0.3 is 0 Å². The molecule has 23 heavy (non-hydrogen) atoms. The van der Waals surface area contributed by atoms with Crippen LogP contribution < -0.4 is 5.32 Å². The Hall–Kier alpha value is -0.570. The van der Waals surface area contributed by atoms with E-state index in [0.29, 0.717) is 5.91 Å². The summed E-state index contributed by atoms with van der Waals surface area (Å²) in [4.78, 5) is 14.8. The van der Waals surface area contributed by atoms with Gasteiger partial charge in [0.2, 0.25) is 5.91 Å². The summed E-state index contributed by atoms with van der Waals surface area (Å²) in [5, 5.41) is 3.65. The molecule has 2 aliphatic carbocycles. The minimum atomic E-state index is -0.242.